The molecule has 0 radical (unpaired) electrons. The van der Waals surface area contributed by atoms with E-state index < -0.39 is 0 Å². The summed E-state index contributed by atoms with van der Waals surface area (Å²) in [4.78, 5) is 15.8. The number of furan rings is 1. The summed E-state index contributed by atoms with van der Waals surface area (Å²) in [6.45, 7) is 0. The fraction of sp³-hybridized carbons (Fsp3) is 0. The quantitative estimate of drug-likeness (QED) is 0.176. The Bertz CT molecular complexity index is 3510. The predicted octanol–water partition coefficient (Wildman–Crippen LogP) is 13.9. The molecule has 0 aliphatic carbocycles. The predicted molar refractivity (Wildman–Crippen MR) is 236 cm³/mol. The SMILES string of the molecule is c1ccc(-c2ccc(-c3nc(-c4ccc5c(c4)sc4cccc(-c6ccccc6)c45)nc(-n4c5ccccc5c5ccc6c7ccccc7oc6c54)n3)cc2)cc1. The van der Waals surface area contributed by atoms with Crippen molar-refractivity contribution in [2.75, 3.05) is 0 Å². The van der Waals surface area contributed by atoms with Crippen LogP contribution in [0, 0.1) is 0 Å². The number of hydrogen-bond acceptors (Lipinski definition) is 5. The zero-order chi connectivity index (χ0) is 37.5. The molecule has 0 unspecified atom stereocenters. The second-order valence-electron chi connectivity index (χ2n) is 14.4. The van der Waals surface area contributed by atoms with Gasteiger partial charge in [0.15, 0.2) is 17.2 Å². The lowest BCUT2D eigenvalue weighted by molar-refractivity contribution is 0.670. The van der Waals surface area contributed by atoms with Gasteiger partial charge in [-0.2, -0.15) is 9.97 Å². The van der Waals surface area contributed by atoms with Gasteiger partial charge in [0, 0.05) is 52.8 Å². The minimum atomic E-state index is 0.532. The van der Waals surface area contributed by atoms with Crippen molar-refractivity contribution in [1.29, 1.82) is 0 Å². The highest BCUT2D eigenvalue weighted by Crippen LogP contribution is 2.43. The van der Waals surface area contributed by atoms with E-state index in [1.165, 1.54) is 31.3 Å². The molecule has 5 nitrogen and oxygen atoms in total. The fourth-order valence-corrected chi connectivity index (χ4v) is 9.60. The van der Waals surface area contributed by atoms with Gasteiger partial charge in [-0.15, -0.1) is 11.3 Å². The van der Waals surface area contributed by atoms with Crippen molar-refractivity contribution < 1.29 is 4.42 Å². The van der Waals surface area contributed by atoms with Crippen molar-refractivity contribution in [3.63, 3.8) is 0 Å². The molecule has 0 aliphatic rings. The summed E-state index contributed by atoms with van der Waals surface area (Å²) >= 11 is 1.80. The van der Waals surface area contributed by atoms with Crippen molar-refractivity contribution in [1.82, 2.24) is 19.5 Å². The fourth-order valence-electron chi connectivity index (χ4n) is 8.43. The lowest BCUT2D eigenvalue weighted by atomic mass is 9.99. The summed E-state index contributed by atoms with van der Waals surface area (Å²) in [5.41, 5.74) is 10.2. The molecule has 8 aromatic carbocycles. The first-order valence-corrected chi connectivity index (χ1v) is 19.8. The number of hydrogen-bond donors (Lipinski definition) is 0. The summed E-state index contributed by atoms with van der Waals surface area (Å²) in [5.74, 6) is 1.73. The van der Waals surface area contributed by atoms with Crippen LogP contribution < -0.4 is 0 Å². The second-order valence-corrected chi connectivity index (χ2v) is 15.5. The highest BCUT2D eigenvalue weighted by Gasteiger charge is 2.22. The Labute approximate surface area is 330 Å². The molecule has 4 aromatic heterocycles. The third kappa shape index (κ3) is 5.04. The lowest BCUT2D eigenvalue weighted by Crippen LogP contribution is -2.06. The van der Waals surface area contributed by atoms with Crippen LogP contribution in [0.1, 0.15) is 0 Å². The Balaban J connectivity index is 1.11. The first kappa shape index (κ1) is 31.9. The van der Waals surface area contributed by atoms with E-state index in [-0.39, 0.29) is 0 Å². The molecule has 0 saturated heterocycles. The average molecular weight is 747 g/mol. The van der Waals surface area contributed by atoms with Gasteiger partial charge in [0.1, 0.15) is 11.1 Å². The van der Waals surface area contributed by atoms with E-state index >= 15 is 0 Å². The maximum absolute atomic E-state index is 6.67. The molecule has 266 valence electrons. The summed E-state index contributed by atoms with van der Waals surface area (Å²) in [5, 5.41) is 6.80. The molecule has 0 atom stereocenters. The summed E-state index contributed by atoms with van der Waals surface area (Å²) in [6.07, 6.45) is 0. The summed E-state index contributed by atoms with van der Waals surface area (Å²) < 4.78 is 11.3. The molecule has 0 fully saturated rings. The highest BCUT2D eigenvalue weighted by atomic mass is 32.1. The van der Waals surface area contributed by atoms with Crippen LogP contribution in [-0.4, -0.2) is 19.5 Å². The molecule has 0 aliphatic heterocycles. The van der Waals surface area contributed by atoms with Crippen molar-refractivity contribution in [2.45, 2.75) is 0 Å². The molecular weight excluding hydrogens is 717 g/mol. The van der Waals surface area contributed by atoms with Gasteiger partial charge in [0.05, 0.1) is 5.52 Å². The number of para-hydroxylation sites is 2. The summed E-state index contributed by atoms with van der Waals surface area (Å²) in [7, 11) is 0. The Hall–Kier alpha value is -7.41. The maximum atomic E-state index is 6.67. The number of benzene rings is 8. The third-order valence-electron chi connectivity index (χ3n) is 11.1. The van der Waals surface area contributed by atoms with Gasteiger partial charge in [0.2, 0.25) is 5.95 Å². The molecule has 6 heteroatoms. The average Bonchev–Trinajstić information content (AvgIpc) is 3.96. The Morgan fingerprint density at radius 3 is 1.88 bits per heavy atom. The Kier molecular flexibility index (Phi) is 7.03. The molecule has 0 spiro atoms. The van der Waals surface area contributed by atoms with E-state index in [2.05, 4.69) is 168 Å². The smallest absolute Gasteiger partial charge is 0.238 e. The maximum Gasteiger partial charge on any atom is 0.238 e. The molecule has 12 rings (SSSR count). The van der Waals surface area contributed by atoms with E-state index in [1.54, 1.807) is 11.3 Å². The van der Waals surface area contributed by atoms with Crippen LogP contribution in [0.3, 0.4) is 0 Å². The number of thiophene rings is 1. The van der Waals surface area contributed by atoms with Gasteiger partial charge in [-0.3, -0.25) is 4.57 Å². The normalized spacial score (nSPS) is 11.9. The molecule has 0 amide bonds. The molecule has 0 bridgehead atoms. The van der Waals surface area contributed by atoms with Gasteiger partial charge < -0.3 is 4.42 Å². The molecule has 57 heavy (non-hydrogen) atoms. The van der Waals surface area contributed by atoms with Crippen molar-refractivity contribution in [3.8, 4) is 51.0 Å². The lowest BCUT2D eigenvalue weighted by Gasteiger charge is -2.11. The van der Waals surface area contributed by atoms with Gasteiger partial charge in [0.25, 0.3) is 0 Å². The van der Waals surface area contributed by atoms with Crippen LogP contribution in [-0.2, 0) is 0 Å². The van der Waals surface area contributed by atoms with Crippen molar-refractivity contribution in [2.24, 2.45) is 0 Å². The zero-order valence-corrected chi connectivity index (χ0v) is 31.2. The number of aromatic nitrogens is 4. The first-order chi connectivity index (χ1) is 28.2. The number of rotatable bonds is 5. The van der Waals surface area contributed by atoms with Gasteiger partial charge in [-0.05, 0) is 52.6 Å². The topological polar surface area (TPSA) is 56.7 Å². The van der Waals surface area contributed by atoms with Crippen LogP contribution in [0.15, 0.2) is 186 Å². The van der Waals surface area contributed by atoms with E-state index in [1.807, 2.05) is 18.2 Å². The minimum Gasteiger partial charge on any atom is -0.454 e. The van der Waals surface area contributed by atoms with Gasteiger partial charge in [-0.25, -0.2) is 4.98 Å². The summed E-state index contributed by atoms with van der Waals surface area (Å²) in [6, 6.07) is 63.8. The van der Waals surface area contributed by atoms with Crippen molar-refractivity contribution in [3.05, 3.63) is 182 Å². The van der Waals surface area contributed by atoms with E-state index in [4.69, 9.17) is 19.4 Å². The van der Waals surface area contributed by atoms with Crippen LogP contribution in [0.4, 0.5) is 0 Å². The third-order valence-corrected chi connectivity index (χ3v) is 12.2. The van der Waals surface area contributed by atoms with Crippen LogP contribution >= 0.6 is 11.3 Å². The number of fused-ring (bicyclic) bond motifs is 10. The first-order valence-electron chi connectivity index (χ1n) is 19.0. The number of nitrogens with zero attached hydrogens (tertiary/aromatic N) is 4. The minimum absolute atomic E-state index is 0.532. The van der Waals surface area contributed by atoms with Gasteiger partial charge >= 0.3 is 0 Å². The van der Waals surface area contributed by atoms with Gasteiger partial charge in [-0.1, -0.05) is 152 Å². The molecule has 0 saturated carbocycles. The molecular formula is C51H30N4OS. The van der Waals surface area contributed by atoms with E-state index in [0.717, 1.165) is 66.0 Å². The molecule has 4 heterocycles. The molecule has 12 aromatic rings. The van der Waals surface area contributed by atoms with Crippen LogP contribution in [0.5, 0.6) is 0 Å². The monoisotopic (exact) mass is 746 g/mol. The second kappa shape index (κ2) is 12.6. The highest BCUT2D eigenvalue weighted by molar-refractivity contribution is 7.26. The van der Waals surface area contributed by atoms with E-state index in [0.29, 0.717) is 17.6 Å². The Morgan fingerprint density at radius 1 is 0.421 bits per heavy atom. The van der Waals surface area contributed by atoms with Crippen molar-refractivity contribution >= 4 is 75.3 Å². The molecule has 0 N–H and O–H groups in total. The largest absolute Gasteiger partial charge is 0.454 e. The standard InChI is InChI=1S/C51H30N4OS/c1-3-12-31(13-4-1)32-22-24-34(25-23-32)49-52-50(35-26-27-41-45(30-35)57-44-21-11-18-36(46(41)44)33-14-5-2-6-15-33)54-51(53-49)55-42-19-9-7-16-37(42)39-28-29-40-38-17-8-10-20-43(38)56-48(40)47(39)55/h1-30H. The Morgan fingerprint density at radius 2 is 1.05 bits per heavy atom. The van der Waals surface area contributed by atoms with E-state index in [9.17, 15) is 0 Å². The van der Waals surface area contributed by atoms with Crippen LogP contribution in [0.25, 0.3) is 115 Å². The zero-order valence-electron chi connectivity index (χ0n) is 30.4. The van der Waals surface area contributed by atoms with Crippen LogP contribution in [0.2, 0.25) is 0 Å².